The van der Waals surface area contributed by atoms with E-state index in [2.05, 4.69) is 5.32 Å². The lowest BCUT2D eigenvalue weighted by molar-refractivity contribution is -0.102. The van der Waals surface area contributed by atoms with Crippen LogP contribution in [0.3, 0.4) is 0 Å². The minimum absolute atomic E-state index is 0.157. The lowest BCUT2D eigenvalue weighted by Crippen LogP contribution is -2.41. The van der Waals surface area contributed by atoms with Crippen LogP contribution >= 0.6 is 0 Å². The summed E-state index contributed by atoms with van der Waals surface area (Å²) in [4.78, 5) is 0. The normalized spacial score (nSPS) is 20.4. The highest BCUT2D eigenvalue weighted by Gasteiger charge is 2.12. The fourth-order valence-corrected chi connectivity index (χ4v) is 1.70. The third-order valence-corrected chi connectivity index (χ3v) is 2.59. The minimum atomic E-state index is 0.157. The molecule has 1 aromatic carbocycles. The van der Waals surface area contributed by atoms with Gasteiger partial charge in [-0.2, -0.15) is 0 Å². The molecule has 0 aliphatic carbocycles. The largest absolute Gasteiger partial charge is 0.373 e. The molecule has 0 amide bonds. The molecular weight excluding hydrogens is 218 g/mol. The van der Waals surface area contributed by atoms with Crippen LogP contribution in [0, 0.1) is 0 Å². The Morgan fingerprint density at radius 1 is 1.24 bits per heavy atom. The fraction of sp³-hybridized carbons (Fsp3) is 0.538. The van der Waals surface area contributed by atoms with E-state index < -0.39 is 0 Å². The third-order valence-electron chi connectivity index (χ3n) is 2.59. The monoisotopic (exact) mass is 237 g/mol. The number of hydrogen-bond acceptors (Lipinski definition) is 4. The molecule has 1 atom stereocenters. The summed E-state index contributed by atoms with van der Waals surface area (Å²) in [6.45, 7) is 4.04. The molecule has 1 aliphatic rings. The highest BCUT2D eigenvalue weighted by atomic mass is 16.7. The van der Waals surface area contributed by atoms with Crippen molar-refractivity contribution in [1.82, 2.24) is 5.32 Å². The van der Waals surface area contributed by atoms with Gasteiger partial charge in [-0.05, 0) is 5.56 Å². The van der Waals surface area contributed by atoms with Gasteiger partial charge in [0.2, 0.25) is 0 Å². The van der Waals surface area contributed by atoms with Crippen LogP contribution in [0.25, 0.3) is 0 Å². The van der Waals surface area contributed by atoms with E-state index in [1.54, 1.807) is 0 Å². The van der Waals surface area contributed by atoms with E-state index in [4.69, 9.17) is 14.2 Å². The van der Waals surface area contributed by atoms with Gasteiger partial charge in [-0.15, -0.1) is 0 Å². The van der Waals surface area contributed by atoms with E-state index in [1.807, 2.05) is 30.3 Å². The van der Waals surface area contributed by atoms with Gasteiger partial charge in [0.1, 0.15) is 6.79 Å². The van der Waals surface area contributed by atoms with Crippen molar-refractivity contribution in [2.24, 2.45) is 0 Å². The quantitative estimate of drug-likeness (QED) is 0.595. The van der Waals surface area contributed by atoms with E-state index >= 15 is 0 Å². The van der Waals surface area contributed by atoms with Gasteiger partial charge in [-0.3, -0.25) is 0 Å². The van der Waals surface area contributed by atoms with E-state index in [1.165, 1.54) is 0 Å². The first-order chi connectivity index (χ1) is 8.45. The smallest absolute Gasteiger partial charge is 0.147 e. The van der Waals surface area contributed by atoms with Crippen molar-refractivity contribution in [3.63, 3.8) is 0 Å². The molecule has 1 N–H and O–H groups in total. The fourth-order valence-electron chi connectivity index (χ4n) is 1.70. The number of ether oxygens (including phenoxy) is 3. The molecule has 1 saturated heterocycles. The Balaban J connectivity index is 1.51. The van der Waals surface area contributed by atoms with Crippen LogP contribution in [0.2, 0.25) is 0 Å². The summed E-state index contributed by atoms with van der Waals surface area (Å²) in [5, 5.41) is 3.26. The van der Waals surface area contributed by atoms with Gasteiger partial charge in [0.15, 0.2) is 0 Å². The van der Waals surface area contributed by atoms with Crippen LogP contribution in [0.5, 0.6) is 0 Å². The highest BCUT2D eigenvalue weighted by molar-refractivity contribution is 5.13. The molecule has 0 spiro atoms. The number of nitrogens with one attached hydrogen (secondary N) is 1. The summed E-state index contributed by atoms with van der Waals surface area (Å²) in [5.74, 6) is 0. The summed E-state index contributed by atoms with van der Waals surface area (Å²) >= 11 is 0. The highest BCUT2D eigenvalue weighted by Crippen LogP contribution is 2.01. The summed E-state index contributed by atoms with van der Waals surface area (Å²) in [5.41, 5.74) is 1.16. The van der Waals surface area contributed by atoms with Gasteiger partial charge in [0.25, 0.3) is 0 Å². The van der Waals surface area contributed by atoms with Crippen molar-refractivity contribution in [2.75, 3.05) is 33.1 Å². The van der Waals surface area contributed by atoms with Gasteiger partial charge < -0.3 is 19.5 Å². The van der Waals surface area contributed by atoms with Crippen molar-refractivity contribution in [3.8, 4) is 0 Å². The maximum atomic E-state index is 5.50. The minimum Gasteiger partial charge on any atom is -0.373 e. The van der Waals surface area contributed by atoms with Crippen LogP contribution in [0.15, 0.2) is 30.3 Å². The molecule has 0 radical (unpaired) electrons. The molecule has 0 bridgehead atoms. The van der Waals surface area contributed by atoms with Crippen molar-refractivity contribution in [1.29, 1.82) is 0 Å². The Labute approximate surface area is 102 Å². The zero-order valence-electron chi connectivity index (χ0n) is 9.93. The Hall–Kier alpha value is -0.940. The van der Waals surface area contributed by atoms with Crippen molar-refractivity contribution in [3.05, 3.63) is 35.9 Å². The molecule has 1 aliphatic heterocycles. The van der Waals surface area contributed by atoms with Gasteiger partial charge >= 0.3 is 0 Å². The van der Waals surface area contributed by atoms with Gasteiger partial charge in [0.05, 0.1) is 25.9 Å². The first-order valence-electron chi connectivity index (χ1n) is 5.97. The molecule has 17 heavy (non-hydrogen) atoms. The molecular formula is C13H19NO3. The second kappa shape index (κ2) is 7.40. The third kappa shape index (κ3) is 4.83. The average molecular weight is 237 g/mol. The van der Waals surface area contributed by atoms with E-state index in [9.17, 15) is 0 Å². The second-order valence-electron chi connectivity index (χ2n) is 4.02. The van der Waals surface area contributed by atoms with Crippen molar-refractivity contribution in [2.45, 2.75) is 12.7 Å². The summed E-state index contributed by atoms with van der Waals surface area (Å²) in [6, 6.07) is 10.1. The molecule has 1 heterocycles. The molecule has 2 rings (SSSR count). The molecule has 1 aromatic rings. The number of benzene rings is 1. The second-order valence-corrected chi connectivity index (χ2v) is 4.02. The Morgan fingerprint density at radius 3 is 2.88 bits per heavy atom. The molecule has 1 fully saturated rings. The molecule has 4 heteroatoms. The zero-order chi connectivity index (χ0) is 11.8. The SMILES string of the molecule is c1ccc(COCOCC2CNCCO2)cc1. The first kappa shape index (κ1) is 12.5. The van der Waals surface area contributed by atoms with Gasteiger partial charge in [0, 0.05) is 13.1 Å². The molecule has 0 saturated carbocycles. The van der Waals surface area contributed by atoms with Gasteiger partial charge in [-0.1, -0.05) is 30.3 Å². The molecule has 4 nitrogen and oxygen atoms in total. The van der Waals surface area contributed by atoms with E-state index in [0.717, 1.165) is 25.3 Å². The van der Waals surface area contributed by atoms with E-state index in [-0.39, 0.29) is 6.10 Å². The van der Waals surface area contributed by atoms with Crippen molar-refractivity contribution >= 4 is 0 Å². The number of rotatable bonds is 6. The van der Waals surface area contributed by atoms with Crippen molar-refractivity contribution < 1.29 is 14.2 Å². The van der Waals surface area contributed by atoms with Crippen LogP contribution in [0.4, 0.5) is 0 Å². The predicted octanol–water partition coefficient (Wildman–Crippen LogP) is 1.17. The lowest BCUT2D eigenvalue weighted by atomic mass is 10.2. The van der Waals surface area contributed by atoms with Crippen LogP contribution in [-0.4, -0.2) is 39.2 Å². The lowest BCUT2D eigenvalue weighted by Gasteiger charge is -2.23. The molecule has 94 valence electrons. The Morgan fingerprint density at radius 2 is 2.12 bits per heavy atom. The van der Waals surface area contributed by atoms with Crippen LogP contribution < -0.4 is 5.32 Å². The maximum absolute atomic E-state index is 5.50. The average Bonchev–Trinajstić information content (AvgIpc) is 2.41. The summed E-state index contributed by atoms with van der Waals surface area (Å²) < 4.78 is 16.3. The standard InChI is InChI=1S/C13H19NO3/c1-2-4-12(5-3-1)9-15-11-16-10-13-8-14-6-7-17-13/h1-5,13-14H,6-11H2. The number of morpholine rings is 1. The maximum Gasteiger partial charge on any atom is 0.147 e. The summed E-state index contributed by atoms with van der Waals surface area (Å²) in [6.07, 6.45) is 0.157. The number of hydrogen-bond donors (Lipinski definition) is 1. The van der Waals surface area contributed by atoms with Crippen LogP contribution in [-0.2, 0) is 20.8 Å². The van der Waals surface area contributed by atoms with Gasteiger partial charge in [-0.25, -0.2) is 0 Å². The van der Waals surface area contributed by atoms with Crippen LogP contribution in [0.1, 0.15) is 5.56 Å². The molecule has 0 aromatic heterocycles. The topological polar surface area (TPSA) is 39.7 Å². The van der Waals surface area contributed by atoms with E-state index in [0.29, 0.717) is 20.0 Å². The first-order valence-corrected chi connectivity index (χ1v) is 5.97. The Bertz CT molecular complexity index is 299. The summed E-state index contributed by atoms with van der Waals surface area (Å²) in [7, 11) is 0. The predicted molar refractivity (Wildman–Crippen MR) is 64.7 cm³/mol. The molecule has 1 unspecified atom stereocenters. The Kier molecular flexibility index (Phi) is 5.45. The zero-order valence-corrected chi connectivity index (χ0v) is 9.93.